The Kier molecular flexibility index (Phi) is 4.69. The predicted octanol–water partition coefficient (Wildman–Crippen LogP) is 2.35. The molecule has 1 fully saturated rings. The van der Waals surface area contributed by atoms with Gasteiger partial charge in [-0.3, -0.25) is 9.69 Å². The van der Waals surface area contributed by atoms with Crippen LogP contribution in [0.25, 0.3) is 0 Å². The van der Waals surface area contributed by atoms with Crippen LogP contribution in [0.5, 0.6) is 0 Å². The minimum Gasteiger partial charge on any atom is -0.379 e. The molecule has 2 rings (SSSR count). The lowest BCUT2D eigenvalue weighted by molar-refractivity contribution is -0.00430. The van der Waals surface area contributed by atoms with Gasteiger partial charge in [0.05, 0.1) is 18.8 Å². The number of aryl methyl sites for hydroxylation is 1. The summed E-state index contributed by atoms with van der Waals surface area (Å²) < 4.78 is 5.38. The van der Waals surface area contributed by atoms with Crippen molar-refractivity contribution in [3.05, 3.63) is 29.3 Å². The molecule has 116 valence electrons. The molecule has 1 aromatic carbocycles. The van der Waals surface area contributed by atoms with Crippen LogP contribution >= 0.6 is 0 Å². The Hall–Kier alpha value is -1.39. The molecule has 0 aliphatic carbocycles. The van der Waals surface area contributed by atoms with Gasteiger partial charge < -0.3 is 9.64 Å². The number of rotatable bonds is 4. The minimum absolute atomic E-state index is 0.179. The van der Waals surface area contributed by atoms with Crippen molar-refractivity contribution in [2.45, 2.75) is 26.3 Å². The molecule has 1 aliphatic rings. The summed E-state index contributed by atoms with van der Waals surface area (Å²) in [6.07, 6.45) is 0. The quantitative estimate of drug-likeness (QED) is 0.797. The molecule has 0 aromatic heterocycles. The lowest BCUT2D eigenvalue weighted by atomic mass is 9.90. The second-order valence-corrected chi connectivity index (χ2v) is 6.38. The van der Waals surface area contributed by atoms with Gasteiger partial charge in [-0.2, -0.15) is 0 Å². The highest BCUT2D eigenvalue weighted by Crippen LogP contribution is 2.25. The first-order valence-electron chi connectivity index (χ1n) is 7.49. The summed E-state index contributed by atoms with van der Waals surface area (Å²) in [6, 6.07) is 5.96. The summed E-state index contributed by atoms with van der Waals surface area (Å²) in [5, 5.41) is 0. The molecule has 0 unspecified atom stereocenters. The van der Waals surface area contributed by atoms with Crippen LogP contribution in [-0.4, -0.2) is 56.6 Å². The molecule has 1 heterocycles. The number of benzene rings is 1. The van der Waals surface area contributed by atoms with Crippen molar-refractivity contribution in [2.75, 3.05) is 45.3 Å². The zero-order valence-corrected chi connectivity index (χ0v) is 13.8. The Labute approximate surface area is 127 Å². The molecule has 0 amide bonds. The monoisotopic (exact) mass is 290 g/mol. The summed E-state index contributed by atoms with van der Waals surface area (Å²) in [5.74, 6) is 0.179. The first kappa shape index (κ1) is 16.0. The Balaban J connectivity index is 2.24. The van der Waals surface area contributed by atoms with E-state index in [2.05, 4.69) is 9.80 Å². The number of Topliss-reactive ketones (excluding diaryl/α,β-unsaturated/α-hetero) is 1. The van der Waals surface area contributed by atoms with E-state index in [0.29, 0.717) is 13.2 Å². The van der Waals surface area contributed by atoms with Crippen LogP contribution in [0.3, 0.4) is 0 Å². The SMILES string of the molecule is Cc1cc(C(=O)C(C)(C)N2CCOCC2)ccc1N(C)C. The number of morpholine rings is 1. The van der Waals surface area contributed by atoms with Crippen LogP contribution in [0.4, 0.5) is 5.69 Å². The van der Waals surface area contributed by atoms with Crippen molar-refractivity contribution >= 4 is 11.5 Å². The van der Waals surface area contributed by atoms with Gasteiger partial charge in [-0.15, -0.1) is 0 Å². The summed E-state index contributed by atoms with van der Waals surface area (Å²) in [7, 11) is 4.03. The third kappa shape index (κ3) is 3.27. The number of carbonyl (C=O) groups is 1. The Morgan fingerprint density at radius 3 is 2.38 bits per heavy atom. The average Bonchev–Trinajstić information content (AvgIpc) is 2.46. The maximum atomic E-state index is 12.9. The first-order valence-corrected chi connectivity index (χ1v) is 7.49. The third-order valence-electron chi connectivity index (χ3n) is 4.30. The lowest BCUT2D eigenvalue weighted by Gasteiger charge is -2.39. The van der Waals surface area contributed by atoms with Crippen LogP contribution in [0, 0.1) is 6.92 Å². The number of ether oxygens (including phenoxy) is 1. The maximum Gasteiger partial charge on any atom is 0.182 e. The smallest absolute Gasteiger partial charge is 0.182 e. The standard InChI is InChI=1S/C17H26N2O2/c1-13-12-14(6-7-15(13)18(4)5)16(20)17(2,3)19-8-10-21-11-9-19/h6-7,12H,8-11H2,1-5H3. The van der Waals surface area contributed by atoms with Gasteiger partial charge in [0, 0.05) is 38.4 Å². The highest BCUT2D eigenvalue weighted by Gasteiger charge is 2.36. The zero-order chi connectivity index (χ0) is 15.6. The van der Waals surface area contributed by atoms with E-state index in [0.717, 1.165) is 29.9 Å². The second-order valence-electron chi connectivity index (χ2n) is 6.38. The Morgan fingerprint density at radius 1 is 1.24 bits per heavy atom. The van der Waals surface area contributed by atoms with E-state index in [4.69, 9.17) is 4.74 Å². The Bertz CT molecular complexity index is 518. The van der Waals surface area contributed by atoms with Crippen LogP contribution in [-0.2, 0) is 4.74 Å². The van der Waals surface area contributed by atoms with Crippen molar-refractivity contribution < 1.29 is 9.53 Å². The maximum absolute atomic E-state index is 12.9. The van der Waals surface area contributed by atoms with Gasteiger partial charge in [-0.1, -0.05) is 0 Å². The van der Waals surface area contributed by atoms with Crippen molar-refractivity contribution in [2.24, 2.45) is 0 Å². The highest BCUT2D eigenvalue weighted by atomic mass is 16.5. The van der Waals surface area contributed by atoms with Crippen LogP contribution in [0.15, 0.2) is 18.2 Å². The summed E-state index contributed by atoms with van der Waals surface area (Å²) in [6.45, 7) is 9.10. The van der Waals surface area contributed by atoms with Gasteiger partial charge in [0.15, 0.2) is 5.78 Å². The molecule has 0 saturated carbocycles. The Morgan fingerprint density at radius 2 is 1.86 bits per heavy atom. The number of anilines is 1. The number of hydrogen-bond donors (Lipinski definition) is 0. The molecule has 4 heteroatoms. The van der Waals surface area contributed by atoms with E-state index >= 15 is 0 Å². The van der Waals surface area contributed by atoms with Crippen LogP contribution < -0.4 is 4.90 Å². The van der Waals surface area contributed by atoms with Gasteiger partial charge in [0.2, 0.25) is 0 Å². The van der Waals surface area contributed by atoms with E-state index in [1.165, 1.54) is 0 Å². The molecular formula is C17H26N2O2. The molecule has 0 spiro atoms. The summed E-state index contributed by atoms with van der Waals surface area (Å²) >= 11 is 0. The number of nitrogens with zero attached hydrogens (tertiary/aromatic N) is 2. The topological polar surface area (TPSA) is 32.8 Å². The average molecular weight is 290 g/mol. The zero-order valence-electron chi connectivity index (χ0n) is 13.8. The highest BCUT2D eigenvalue weighted by molar-refractivity contribution is 6.03. The van der Waals surface area contributed by atoms with Crippen molar-refractivity contribution in [3.8, 4) is 0 Å². The largest absolute Gasteiger partial charge is 0.379 e. The first-order chi connectivity index (χ1) is 9.84. The fraction of sp³-hybridized carbons (Fsp3) is 0.588. The van der Waals surface area contributed by atoms with Gasteiger partial charge in [-0.05, 0) is 44.5 Å². The molecule has 0 N–H and O–H groups in total. The lowest BCUT2D eigenvalue weighted by Crippen LogP contribution is -2.54. The minimum atomic E-state index is -0.490. The van der Waals surface area contributed by atoms with Crippen molar-refractivity contribution in [1.82, 2.24) is 4.90 Å². The van der Waals surface area contributed by atoms with Gasteiger partial charge in [0.1, 0.15) is 0 Å². The molecule has 1 aliphatic heterocycles. The number of hydrogen-bond acceptors (Lipinski definition) is 4. The molecule has 4 nitrogen and oxygen atoms in total. The summed E-state index contributed by atoms with van der Waals surface area (Å²) in [4.78, 5) is 17.2. The summed E-state index contributed by atoms with van der Waals surface area (Å²) in [5.41, 5.74) is 2.57. The molecular weight excluding hydrogens is 264 g/mol. The molecule has 21 heavy (non-hydrogen) atoms. The van der Waals surface area contributed by atoms with E-state index in [1.807, 2.05) is 53.1 Å². The van der Waals surface area contributed by atoms with Crippen LogP contribution in [0.2, 0.25) is 0 Å². The molecule has 0 atom stereocenters. The molecule has 1 aromatic rings. The van der Waals surface area contributed by atoms with Crippen molar-refractivity contribution in [1.29, 1.82) is 0 Å². The predicted molar refractivity (Wildman–Crippen MR) is 86.3 cm³/mol. The van der Waals surface area contributed by atoms with E-state index in [-0.39, 0.29) is 5.78 Å². The second kappa shape index (κ2) is 6.16. The van der Waals surface area contributed by atoms with Gasteiger partial charge in [-0.25, -0.2) is 0 Å². The molecule has 0 radical (unpaired) electrons. The third-order valence-corrected chi connectivity index (χ3v) is 4.30. The van der Waals surface area contributed by atoms with Crippen LogP contribution in [0.1, 0.15) is 29.8 Å². The molecule has 1 saturated heterocycles. The molecule has 0 bridgehead atoms. The normalized spacial score (nSPS) is 16.8. The van der Waals surface area contributed by atoms with Crippen molar-refractivity contribution in [3.63, 3.8) is 0 Å². The fourth-order valence-electron chi connectivity index (χ4n) is 2.92. The number of ketones is 1. The van der Waals surface area contributed by atoms with E-state index < -0.39 is 5.54 Å². The van der Waals surface area contributed by atoms with Gasteiger partial charge in [0.25, 0.3) is 0 Å². The van der Waals surface area contributed by atoms with E-state index in [9.17, 15) is 4.79 Å². The van der Waals surface area contributed by atoms with Gasteiger partial charge >= 0.3 is 0 Å². The fourth-order valence-corrected chi connectivity index (χ4v) is 2.92. The van der Waals surface area contributed by atoms with E-state index in [1.54, 1.807) is 0 Å². The number of carbonyl (C=O) groups excluding carboxylic acids is 1.